The van der Waals surface area contributed by atoms with E-state index in [1.54, 1.807) is 0 Å². The Morgan fingerprint density at radius 1 is 1.00 bits per heavy atom. The second kappa shape index (κ2) is 5.85. The fourth-order valence-corrected chi connectivity index (χ4v) is 5.19. The van der Waals surface area contributed by atoms with Crippen molar-refractivity contribution in [2.45, 2.75) is 38.9 Å². The van der Waals surface area contributed by atoms with Crippen molar-refractivity contribution in [1.29, 1.82) is 0 Å². The fourth-order valence-electron chi connectivity index (χ4n) is 2.88. The summed E-state index contributed by atoms with van der Waals surface area (Å²) >= 11 is 3.61. The molecule has 1 nitrogen and oxygen atoms in total. The first-order valence-corrected chi connectivity index (χ1v) is 11.9. The lowest BCUT2D eigenvalue weighted by atomic mass is 10.1. The minimum atomic E-state index is -1.77. The molecule has 0 radical (unpaired) electrons. The maximum Gasteiger partial charge on any atom is 0.161 e. The second-order valence-electron chi connectivity index (χ2n) is 7.89. The van der Waals surface area contributed by atoms with Crippen molar-refractivity contribution in [3.05, 3.63) is 59.0 Å². The SMILES string of the molecule is CC(C)(C)[Si](C)(C)n1cc(-c2ccc(F)cc2)c2ccc(Br)cc21. The molecule has 0 spiro atoms. The molecule has 1 heterocycles. The molecule has 0 unspecified atom stereocenters. The number of fused-ring (bicyclic) bond motifs is 1. The van der Waals surface area contributed by atoms with Crippen molar-refractivity contribution in [1.82, 2.24) is 4.23 Å². The van der Waals surface area contributed by atoms with Crippen LogP contribution in [0.4, 0.5) is 4.39 Å². The molecule has 2 aromatic carbocycles. The normalized spacial score (nSPS) is 12.8. The number of benzene rings is 2. The number of nitrogens with zero attached hydrogens (tertiary/aromatic N) is 1. The Morgan fingerprint density at radius 2 is 1.62 bits per heavy atom. The van der Waals surface area contributed by atoms with Gasteiger partial charge in [0, 0.05) is 27.1 Å². The predicted octanol–water partition coefficient (Wildman–Crippen LogP) is 7.06. The van der Waals surface area contributed by atoms with E-state index in [0.29, 0.717) is 0 Å². The van der Waals surface area contributed by atoms with E-state index in [1.807, 2.05) is 12.1 Å². The molecule has 0 aliphatic carbocycles. The van der Waals surface area contributed by atoms with Gasteiger partial charge in [0.2, 0.25) is 0 Å². The van der Waals surface area contributed by atoms with Gasteiger partial charge in [0.1, 0.15) is 5.82 Å². The van der Waals surface area contributed by atoms with Crippen LogP contribution in [-0.4, -0.2) is 12.5 Å². The van der Waals surface area contributed by atoms with E-state index in [-0.39, 0.29) is 10.9 Å². The van der Waals surface area contributed by atoms with Gasteiger partial charge in [0.25, 0.3) is 0 Å². The average molecular weight is 404 g/mol. The van der Waals surface area contributed by atoms with Crippen molar-refractivity contribution < 1.29 is 4.39 Å². The van der Waals surface area contributed by atoms with Gasteiger partial charge in [-0.15, -0.1) is 0 Å². The van der Waals surface area contributed by atoms with Crippen LogP contribution < -0.4 is 0 Å². The molecule has 0 N–H and O–H groups in total. The summed E-state index contributed by atoms with van der Waals surface area (Å²) in [6, 6.07) is 13.2. The van der Waals surface area contributed by atoms with Crippen molar-refractivity contribution >= 4 is 35.1 Å². The molecular formula is C20H23BrFNSi. The summed E-state index contributed by atoms with van der Waals surface area (Å²) in [4.78, 5) is 0. The third kappa shape index (κ3) is 2.86. The number of halogens is 2. The van der Waals surface area contributed by atoms with Crippen LogP contribution in [0.1, 0.15) is 20.8 Å². The van der Waals surface area contributed by atoms with E-state index in [4.69, 9.17) is 0 Å². The van der Waals surface area contributed by atoms with E-state index in [9.17, 15) is 4.39 Å². The second-order valence-corrected chi connectivity index (χ2v) is 13.9. The van der Waals surface area contributed by atoms with Gasteiger partial charge < -0.3 is 4.23 Å². The molecular weight excluding hydrogens is 381 g/mol. The molecule has 3 rings (SSSR count). The van der Waals surface area contributed by atoms with Gasteiger partial charge in [-0.2, -0.15) is 0 Å². The minimum Gasteiger partial charge on any atom is -0.373 e. The van der Waals surface area contributed by atoms with Crippen LogP contribution in [0.2, 0.25) is 18.1 Å². The van der Waals surface area contributed by atoms with Crippen LogP contribution in [0.15, 0.2) is 53.1 Å². The maximum absolute atomic E-state index is 13.3. The zero-order chi connectivity index (χ0) is 17.7. The van der Waals surface area contributed by atoms with Gasteiger partial charge in [0.05, 0.1) is 0 Å². The first-order valence-electron chi connectivity index (χ1n) is 8.18. The van der Waals surface area contributed by atoms with Crippen LogP contribution in [0, 0.1) is 5.82 Å². The summed E-state index contributed by atoms with van der Waals surface area (Å²) < 4.78 is 16.9. The molecule has 1 aromatic heterocycles. The molecule has 0 saturated heterocycles. The number of hydrogen-bond acceptors (Lipinski definition) is 0. The fraction of sp³-hybridized carbons (Fsp3) is 0.300. The van der Waals surface area contributed by atoms with Crippen molar-refractivity contribution in [3.63, 3.8) is 0 Å². The van der Waals surface area contributed by atoms with Crippen molar-refractivity contribution in [3.8, 4) is 11.1 Å². The van der Waals surface area contributed by atoms with Gasteiger partial charge in [0.15, 0.2) is 8.24 Å². The van der Waals surface area contributed by atoms with Gasteiger partial charge in [-0.25, -0.2) is 4.39 Å². The molecule has 0 saturated carbocycles. The molecule has 4 heteroatoms. The molecule has 0 fully saturated rings. The van der Waals surface area contributed by atoms with Gasteiger partial charge in [-0.05, 0) is 34.9 Å². The molecule has 3 aromatic rings. The van der Waals surface area contributed by atoms with Crippen LogP contribution in [0.5, 0.6) is 0 Å². The van der Waals surface area contributed by atoms with Crippen LogP contribution in [0.25, 0.3) is 22.0 Å². The molecule has 24 heavy (non-hydrogen) atoms. The lowest BCUT2D eigenvalue weighted by molar-refractivity contribution is 0.628. The Bertz CT molecular complexity index is 888. The standard InChI is InChI=1S/C20H23BrFNSi/c1-20(2,3)24(4,5)23-13-18(14-6-9-16(22)10-7-14)17-11-8-15(21)12-19(17)23/h6-13H,1-5H3. The summed E-state index contributed by atoms with van der Waals surface area (Å²) in [6.07, 6.45) is 2.27. The van der Waals surface area contributed by atoms with Crippen molar-refractivity contribution in [2.75, 3.05) is 0 Å². The smallest absolute Gasteiger partial charge is 0.161 e. The number of hydrogen-bond donors (Lipinski definition) is 0. The highest BCUT2D eigenvalue weighted by molar-refractivity contribution is 9.10. The Hall–Kier alpha value is -1.39. The molecule has 0 atom stereocenters. The quantitative estimate of drug-likeness (QED) is 0.403. The third-order valence-corrected chi connectivity index (χ3v) is 11.1. The number of rotatable bonds is 2. The maximum atomic E-state index is 13.3. The van der Waals surface area contributed by atoms with Crippen LogP contribution in [-0.2, 0) is 0 Å². The Labute approximate surface area is 152 Å². The molecule has 0 aliphatic heterocycles. The van der Waals surface area contributed by atoms with Gasteiger partial charge in [-0.1, -0.05) is 68.0 Å². The highest BCUT2D eigenvalue weighted by atomic mass is 79.9. The van der Waals surface area contributed by atoms with Gasteiger partial charge >= 0.3 is 0 Å². The van der Waals surface area contributed by atoms with E-state index < -0.39 is 8.24 Å². The molecule has 0 aliphatic rings. The predicted molar refractivity (Wildman–Crippen MR) is 108 cm³/mol. The van der Waals surface area contributed by atoms with E-state index in [1.165, 1.54) is 28.6 Å². The summed E-state index contributed by atoms with van der Waals surface area (Å²) in [7, 11) is -1.77. The van der Waals surface area contributed by atoms with E-state index in [2.05, 4.69) is 78.4 Å². The highest BCUT2D eigenvalue weighted by Crippen LogP contribution is 2.42. The van der Waals surface area contributed by atoms with Gasteiger partial charge in [-0.3, -0.25) is 0 Å². The summed E-state index contributed by atoms with van der Waals surface area (Å²) in [5, 5.41) is 1.44. The zero-order valence-corrected chi connectivity index (χ0v) is 17.4. The lowest BCUT2D eigenvalue weighted by Crippen LogP contribution is -2.44. The molecule has 126 valence electrons. The molecule has 0 amide bonds. The minimum absolute atomic E-state index is 0.199. The monoisotopic (exact) mass is 403 g/mol. The summed E-state index contributed by atoms with van der Waals surface area (Å²) in [5.41, 5.74) is 3.47. The number of aromatic nitrogens is 1. The molecule has 0 bridgehead atoms. The summed E-state index contributed by atoms with van der Waals surface area (Å²) in [5.74, 6) is -0.199. The Kier molecular flexibility index (Phi) is 4.25. The summed E-state index contributed by atoms with van der Waals surface area (Å²) in [6.45, 7) is 11.8. The largest absolute Gasteiger partial charge is 0.373 e. The first kappa shape index (κ1) is 17.4. The Balaban J connectivity index is 2.32. The van der Waals surface area contributed by atoms with Crippen molar-refractivity contribution in [2.24, 2.45) is 0 Å². The third-order valence-electron chi connectivity index (χ3n) is 5.36. The van der Waals surface area contributed by atoms with E-state index >= 15 is 0 Å². The topological polar surface area (TPSA) is 4.93 Å². The first-order chi connectivity index (χ1) is 11.1. The van der Waals surface area contributed by atoms with E-state index in [0.717, 1.165) is 10.0 Å². The van der Waals surface area contributed by atoms with Crippen LogP contribution >= 0.6 is 15.9 Å². The average Bonchev–Trinajstić information content (AvgIpc) is 2.86. The zero-order valence-electron chi connectivity index (χ0n) is 14.8. The highest BCUT2D eigenvalue weighted by Gasteiger charge is 2.38. The van der Waals surface area contributed by atoms with Crippen LogP contribution in [0.3, 0.4) is 0 Å². The lowest BCUT2D eigenvalue weighted by Gasteiger charge is -2.38. The Morgan fingerprint density at radius 3 is 2.21 bits per heavy atom.